The number of hydrogen-bond acceptors (Lipinski definition) is 9. The van der Waals surface area contributed by atoms with Crippen LogP contribution in [0.15, 0.2) is 56.8 Å². The summed E-state index contributed by atoms with van der Waals surface area (Å²) in [5.74, 6) is 0.284. The number of nitrogens with one attached hydrogen (secondary N) is 2. The second kappa shape index (κ2) is 11.6. The lowest BCUT2D eigenvalue weighted by Crippen LogP contribution is -2.16. The quantitative estimate of drug-likeness (QED) is 0.246. The molecule has 34 heavy (non-hydrogen) atoms. The summed E-state index contributed by atoms with van der Waals surface area (Å²) in [4.78, 5) is 30.7. The molecule has 10 nitrogen and oxygen atoms in total. The number of H-pyrrole nitrogens is 1. The average molecular weight is 526 g/mol. The Balaban J connectivity index is 1.81. The van der Waals surface area contributed by atoms with E-state index in [1.165, 1.54) is 13.3 Å². The van der Waals surface area contributed by atoms with Crippen LogP contribution >= 0.6 is 15.9 Å². The van der Waals surface area contributed by atoms with Gasteiger partial charge in [-0.3, -0.25) is 9.78 Å². The first-order valence-electron chi connectivity index (χ1n) is 10.0. The van der Waals surface area contributed by atoms with Gasteiger partial charge >= 0.3 is 5.97 Å². The maximum atomic E-state index is 12.3. The smallest absolute Gasteiger partial charge is 0.344 e. The fourth-order valence-electron chi connectivity index (χ4n) is 2.89. The lowest BCUT2D eigenvalue weighted by atomic mass is 10.1. The van der Waals surface area contributed by atoms with Gasteiger partial charge in [0.1, 0.15) is 11.6 Å². The number of methoxy groups -OCH3 is 1. The third kappa shape index (κ3) is 5.99. The predicted molar refractivity (Wildman–Crippen MR) is 129 cm³/mol. The topological polar surface area (TPSA) is 139 Å². The Kier molecular flexibility index (Phi) is 8.37. The van der Waals surface area contributed by atoms with Gasteiger partial charge in [0.15, 0.2) is 18.1 Å². The summed E-state index contributed by atoms with van der Waals surface area (Å²) in [6.45, 7) is 1.70. The van der Waals surface area contributed by atoms with Crippen LogP contribution in [0, 0.1) is 11.3 Å². The van der Waals surface area contributed by atoms with Crippen LogP contribution in [0.25, 0.3) is 11.3 Å². The Hall–Kier alpha value is -4.17. The Morgan fingerprint density at radius 3 is 2.76 bits per heavy atom. The van der Waals surface area contributed by atoms with Crippen molar-refractivity contribution >= 4 is 34.1 Å². The largest absolute Gasteiger partial charge is 0.493 e. The number of halogens is 1. The average Bonchev–Trinajstić information content (AvgIpc) is 2.83. The predicted octanol–water partition coefficient (Wildman–Crippen LogP) is 3.47. The minimum atomic E-state index is -0.582. The summed E-state index contributed by atoms with van der Waals surface area (Å²) in [7, 11) is 1.47. The van der Waals surface area contributed by atoms with Crippen LogP contribution in [-0.2, 0) is 9.53 Å². The number of anilines is 1. The van der Waals surface area contributed by atoms with Crippen molar-refractivity contribution in [2.75, 3.05) is 25.7 Å². The molecule has 174 valence electrons. The second-order valence-electron chi connectivity index (χ2n) is 6.61. The molecule has 0 bridgehead atoms. The van der Waals surface area contributed by atoms with Crippen molar-refractivity contribution in [3.05, 3.63) is 68.4 Å². The third-order valence-corrected chi connectivity index (χ3v) is 4.94. The van der Waals surface area contributed by atoms with Crippen molar-refractivity contribution in [2.24, 2.45) is 5.10 Å². The number of aromatic nitrogens is 2. The highest BCUT2D eigenvalue weighted by molar-refractivity contribution is 9.10. The Morgan fingerprint density at radius 2 is 2.09 bits per heavy atom. The number of ether oxygens (including phenoxy) is 3. The second-order valence-corrected chi connectivity index (χ2v) is 7.47. The molecule has 1 aromatic heterocycles. The van der Waals surface area contributed by atoms with Crippen LogP contribution in [0.3, 0.4) is 0 Å². The third-order valence-electron chi connectivity index (χ3n) is 4.35. The SMILES string of the molecule is CCOC(=O)COc1c(Br)cc(C=NNc2nc(-c3ccccc3)c(C#N)c(=O)[nH]2)cc1OC. The maximum absolute atomic E-state index is 12.3. The Bertz CT molecular complexity index is 1300. The molecule has 0 aliphatic carbocycles. The van der Waals surface area contributed by atoms with Crippen molar-refractivity contribution in [3.63, 3.8) is 0 Å². The van der Waals surface area contributed by atoms with E-state index in [1.807, 2.05) is 12.1 Å². The van der Waals surface area contributed by atoms with E-state index in [0.717, 1.165) is 0 Å². The first kappa shape index (κ1) is 24.5. The lowest BCUT2D eigenvalue weighted by Gasteiger charge is -2.13. The molecular formula is C23H20BrN5O5. The molecule has 0 aliphatic heterocycles. The molecule has 0 unspecified atom stereocenters. The van der Waals surface area contributed by atoms with Crippen LogP contribution in [0.2, 0.25) is 0 Å². The molecule has 0 saturated carbocycles. The highest BCUT2D eigenvalue weighted by atomic mass is 79.9. The van der Waals surface area contributed by atoms with Gasteiger partial charge < -0.3 is 14.2 Å². The van der Waals surface area contributed by atoms with Gasteiger partial charge in [-0.05, 0) is 40.5 Å². The van der Waals surface area contributed by atoms with Crippen LogP contribution in [0.5, 0.6) is 11.5 Å². The van der Waals surface area contributed by atoms with Gasteiger partial charge in [-0.15, -0.1) is 0 Å². The summed E-state index contributed by atoms with van der Waals surface area (Å²) < 4.78 is 16.3. The summed E-state index contributed by atoms with van der Waals surface area (Å²) in [5.41, 5.74) is 3.49. The first-order chi connectivity index (χ1) is 16.5. The molecule has 2 aromatic carbocycles. The highest BCUT2D eigenvalue weighted by Crippen LogP contribution is 2.36. The number of benzene rings is 2. The molecule has 1 heterocycles. The van der Waals surface area contributed by atoms with E-state index in [2.05, 4.69) is 36.4 Å². The summed E-state index contributed by atoms with van der Waals surface area (Å²) in [5, 5.41) is 13.5. The summed E-state index contributed by atoms with van der Waals surface area (Å²) in [6, 6.07) is 14.2. The minimum Gasteiger partial charge on any atom is -0.493 e. The zero-order valence-corrected chi connectivity index (χ0v) is 19.9. The van der Waals surface area contributed by atoms with Gasteiger partial charge in [0.2, 0.25) is 5.95 Å². The zero-order chi connectivity index (χ0) is 24.5. The number of nitrogens with zero attached hydrogens (tertiary/aromatic N) is 3. The zero-order valence-electron chi connectivity index (χ0n) is 18.3. The lowest BCUT2D eigenvalue weighted by molar-refractivity contribution is -0.145. The molecule has 0 radical (unpaired) electrons. The van der Waals surface area contributed by atoms with E-state index >= 15 is 0 Å². The van der Waals surface area contributed by atoms with Crippen molar-refractivity contribution in [1.82, 2.24) is 9.97 Å². The van der Waals surface area contributed by atoms with Gasteiger partial charge in [0, 0.05) is 5.56 Å². The number of aromatic amines is 1. The van der Waals surface area contributed by atoms with Crippen molar-refractivity contribution in [2.45, 2.75) is 6.92 Å². The van der Waals surface area contributed by atoms with Gasteiger partial charge in [-0.1, -0.05) is 30.3 Å². The molecule has 11 heteroatoms. The molecule has 0 fully saturated rings. The number of carbonyl (C=O) groups excluding carboxylic acids is 1. The molecular weight excluding hydrogens is 506 g/mol. The molecule has 0 spiro atoms. The van der Waals surface area contributed by atoms with Crippen molar-refractivity contribution in [1.29, 1.82) is 5.26 Å². The number of carbonyl (C=O) groups is 1. The number of nitriles is 1. The number of hydrazone groups is 1. The fraction of sp³-hybridized carbons (Fsp3) is 0.174. The van der Waals surface area contributed by atoms with E-state index in [9.17, 15) is 14.9 Å². The number of rotatable bonds is 9. The summed E-state index contributed by atoms with van der Waals surface area (Å²) in [6.07, 6.45) is 1.47. The van der Waals surface area contributed by atoms with Gasteiger partial charge in [-0.25, -0.2) is 15.2 Å². The standard InChI is InChI=1S/C23H20BrN5O5/c1-3-33-19(30)13-34-21-17(24)9-14(10-18(21)32-2)12-26-29-23-27-20(15-7-5-4-6-8-15)16(11-25)22(31)28-23/h4-10,12H,3,13H2,1-2H3,(H2,27,28,29,31). The normalized spacial score (nSPS) is 10.5. The monoisotopic (exact) mass is 525 g/mol. The van der Waals surface area contributed by atoms with Crippen molar-refractivity contribution < 1.29 is 19.0 Å². The molecule has 0 atom stereocenters. The van der Waals surface area contributed by atoms with E-state index < -0.39 is 11.5 Å². The fourth-order valence-corrected chi connectivity index (χ4v) is 3.47. The summed E-state index contributed by atoms with van der Waals surface area (Å²) >= 11 is 3.40. The molecule has 0 amide bonds. The van der Waals surface area contributed by atoms with Crippen molar-refractivity contribution in [3.8, 4) is 28.8 Å². The van der Waals surface area contributed by atoms with Gasteiger partial charge in [0.05, 0.1) is 30.1 Å². The van der Waals surface area contributed by atoms with E-state index in [4.69, 9.17) is 14.2 Å². The van der Waals surface area contributed by atoms with Gasteiger partial charge in [0.25, 0.3) is 5.56 Å². The van der Waals surface area contributed by atoms with Crippen LogP contribution in [-0.4, -0.2) is 42.5 Å². The number of hydrogen-bond donors (Lipinski definition) is 2. The van der Waals surface area contributed by atoms with E-state index in [1.54, 1.807) is 43.3 Å². The van der Waals surface area contributed by atoms with Crippen LogP contribution in [0.1, 0.15) is 18.1 Å². The Morgan fingerprint density at radius 1 is 1.32 bits per heavy atom. The maximum Gasteiger partial charge on any atom is 0.344 e. The molecule has 0 saturated heterocycles. The highest BCUT2D eigenvalue weighted by Gasteiger charge is 2.15. The van der Waals surface area contributed by atoms with Gasteiger partial charge in [-0.2, -0.15) is 10.4 Å². The number of esters is 1. The van der Waals surface area contributed by atoms with Crippen LogP contribution < -0.4 is 20.5 Å². The minimum absolute atomic E-state index is 0.0690. The first-order valence-corrected chi connectivity index (χ1v) is 10.8. The molecule has 3 aromatic rings. The molecule has 0 aliphatic rings. The Labute approximate surface area is 203 Å². The van der Waals surface area contributed by atoms with E-state index in [0.29, 0.717) is 27.1 Å². The molecule has 3 rings (SSSR count). The van der Waals surface area contributed by atoms with E-state index in [-0.39, 0.29) is 30.4 Å². The van der Waals surface area contributed by atoms with Crippen LogP contribution in [0.4, 0.5) is 5.95 Å². The molecule has 2 N–H and O–H groups in total.